The molecule has 4 aliphatic rings. The van der Waals surface area contributed by atoms with Gasteiger partial charge >= 0.3 is 268 Å². The van der Waals surface area contributed by atoms with Crippen molar-refractivity contribution in [1.29, 1.82) is 0 Å². The molecule has 0 bridgehead atoms. The number of rotatable bonds is 11. The average molecular weight is 810 g/mol. The minimum absolute atomic E-state index is 0.00770. The number of benzene rings is 1. The molecule has 3 aliphatic heterocycles. The van der Waals surface area contributed by atoms with Crippen LogP contribution in [0.15, 0.2) is 55.0 Å². The molecule has 1 aromatic carbocycles. The van der Waals surface area contributed by atoms with E-state index in [1.165, 1.54) is 25.1 Å². The van der Waals surface area contributed by atoms with Gasteiger partial charge in [0.25, 0.3) is 0 Å². The van der Waals surface area contributed by atoms with Gasteiger partial charge in [0, 0.05) is 0 Å². The van der Waals surface area contributed by atoms with Crippen molar-refractivity contribution in [2.45, 2.75) is 60.6 Å². The molecular weight excluding hydrogens is 778 g/mol. The number of fused-ring (bicyclic) bond motifs is 2. The first-order valence-corrected chi connectivity index (χ1v) is 20.3. The summed E-state index contributed by atoms with van der Waals surface area (Å²) < 4.78 is 17.3. The van der Waals surface area contributed by atoms with Gasteiger partial charge in [-0.15, -0.1) is 0 Å². The number of anilines is 1. The number of carboxylic acid groups (broad SMARTS) is 1. The van der Waals surface area contributed by atoms with Crippen molar-refractivity contribution in [3.63, 3.8) is 0 Å². The number of pyridine rings is 1. The number of aromatic carboxylic acids is 1. The van der Waals surface area contributed by atoms with Crippen molar-refractivity contribution in [3.8, 4) is 5.88 Å². The second kappa shape index (κ2) is 12.8. The number of hydrogen-bond donors (Lipinski definition) is 4. The van der Waals surface area contributed by atoms with E-state index in [0.717, 1.165) is 31.6 Å². The van der Waals surface area contributed by atoms with E-state index < -0.39 is 46.5 Å². The van der Waals surface area contributed by atoms with Gasteiger partial charge in [-0.1, -0.05) is 0 Å². The van der Waals surface area contributed by atoms with Crippen LogP contribution in [0.25, 0.3) is 0 Å². The van der Waals surface area contributed by atoms with E-state index in [4.69, 9.17) is 14.5 Å². The van der Waals surface area contributed by atoms with Crippen molar-refractivity contribution >= 4 is 60.3 Å². The fourth-order valence-corrected chi connectivity index (χ4v) is 20.6. The van der Waals surface area contributed by atoms with Crippen molar-refractivity contribution in [2.75, 3.05) is 11.9 Å². The van der Waals surface area contributed by atoms with Crippen LogP contribution in [0.1, 0.15) is 54.2 Å². The summed E-state index contributed by atoms with van der Waals surface area (Å²) in [6.45, 7) is 0.156. The van der Waals surface area contributed by atoms with Gasteiger partial charge in [-0.05, 0) is 0 Å². The monoisotopic (exact) mass is 810 g/mol. The van der Waals surface area contributed by atoms with E-state index in [1.807, 2.05) is 18.2 Å². The number of halogens is 2. The van der Waals surface area contributed by atoms with E-state index in [1.54, 1.807) is 12.4 Å². The van der Waals surface area contributed by atoms with Crippen molar-refractivity contribution in [3.05, 3.63) is 73.4 Å². The van der Waals surface area contributed by atoms with Gasteiger partial charge in [-0.25, -0.2) is 0 Å². The molecule has 5 heterocycles. The summed E-state index contributed by atoms with van der Waals surface area (Å²) in [6.07, 6.45) is 7.87. The van der Waals surface area contributed by atoms with E-state index >= 15 is 0 Å². The van der Waals surface area contributed by atoms with E-state index in [9.17, 15) is 14.7 Å². The van der Waals surface area contributed by atoms with Crippen molar-refractivity contribution in [2.24, 2.45) is 5.92 Å². The predicted octanol–water partition coefficient (Wildman–Crippen LogP) is 4.11. The molecule has 4 unspecified atom stereocenters. The third-order valence-corrected chi connectivity index (χ3v) is 20.8. The molecule has 2 aromatic heterocycles. The third kappa shape index (κ3) is 6.32. The number of carboxylic acids is 1. The number of carbonyl (C=O) groups is 2. The number of hydrogen-bond acceptors (Lipinski definition) is 9. The second-order valence-corrected chi connectivity index (χ2v) is 20.5. The van der Waals surface area contributed by atoms with Gasteiger partial charge in [0.15, 0.2) is 0 Å². The summed E-state index contributed by atoms with van der Waals surface area (Å²) in [5.41, 5.74) is 1.15. The number of nitrogens with one attached hydrogen (secondary N) is 3. The molecule has 13 heteroatoms. The quantitative estimate of drug-likeness (QED) is 0.127. The zero-order valence-electron chi connectivity index (χ0n) is 23.2. The number of ether oxygens (including phenoxy) is 2. The Labute approximate surface area is 266 Å². The molecular formula is C30H32I2N6O5. The number of aromatic nitrogens is 3. The molecule has 43 heavy (non-hydrogen) atoms. The minimum atomic E-state index is -2.09. The molecule has 4 N–H and O–H groups in total. The first-order valence-electron chi connectivity index (χ1n) is 14.4. The summed E-state index contributed by atoms with van der Waals surface area (Å²) in [7, 11) is 0. The molecule has 5 atom stereocenters. The van der Waals surface area contributed by atoms with Gasteiger partial charge < -0.3 is 0 Å². The normalized spacial score (nSPS) is 26.4. The molecule has 3 fully saturated rings. The molecule has 1 aliphatic carbocycles. The molecule has 1 amide bonds. The Hall–Kier alpha value is -2.60. The van der Waals surface area contributed by atoms with Crippen LogP contribution in [0.3, 0.4) is 0 Å². The first-order chi connectivity index (χ1) is 21.0. The summed E-state index contributed by atoms with van der Waals surface area (Å²) in [5, 5.41) is 20.2. The topological polar surface area (TPSA) is 148 Å². The van der Waals surface area contributed by atoms with Crippen LogP contribution in [-0.4, -0.2) is 62.9 Å². The van der Waals surface area contributed by atoms with Gasteiger partial charge in [0.05, 0.1) is 0 Å². The Balaban J connectivity index is 1.10. The Morgan fingerprint density at radius 3 is 2.74 bits per heavy atom. The Morgan fingerprint density at radius 2 is 1.93 bits per heavy atom. The second-order valence-electron chi connectivity index (χ2n) is 11.0. The van der Waals surface area contributed by atoms with Gasteiger partial charge in [-0.2, -0.15) is 0 Å². The summed E-state index contributed by atoms with van der Waals surface area (Å²) >= 11 is -2.57. The molecule has 0 radical (unpaired) electrons. The number of amides is 1. The molecule has 2 saturated heterocycles. The van der Waals surface area contributed by atoms with Crippen LogP contribution < -0.4 is 20.7 Å². The fraction of sp³-hybridized carbons (Fsp3) is 0.400. The van der Waals surface area contributed by atoms with E-state index in [-0.39, 0.29) is 52.4 Å². The number of alkyl halides is 1. The zero-order chi connectivity index (χ0) is 29.3. The summed E-state index contributed by atoms with van der Waals surface area (Å²) in [6, 6.07) is 13.2. The van der Waals surface area contributed by atoms with Crippen molar-refractivity contribution in [1.82, 2.24) is 25.6 Å². The van der Waals surface area contributed by atoms with Crippen LogP contribution >= 0.6 is 40.6 Å². The zero-order valence-corrected chi connectivity index (χ0v) is 27.5. The van der Waals surface area contributed by atoms with Crippen LogP contribution in [0.2, 0.25) is 0 Å². The third-order valence-electron chi connectivity index (χ3n) is 8.01. The van der Waals surface area contributed by atoms with Gasteiger partial charge in [0.1, 0.15) is 0 Å². The average Bonchev–Trinajstić information content (AvgIpc) is 3.42. The number of carbonyl (C=O) groups excluding carboxylic acids is 1. The fourth-order valence-electron chi connectivity index (χ4n) is 5.68. The SMILES string of the molecule is O=C(CCCC1CC1)Nc1ncnc2c1I=CI2C1OC(COc2ncccc2C(=O)O)C2N[C@H](c3ccccc3)NC21. The predicted molar refractivity (Wildman–Crippen MR) is 177 cm³/mol. The molecule has 3 aromatic rings. The van der Waals surface area contributed by atoms with Gasteiger partial charge in [0.2, 0.25) is 0 Å². The molecule has 7 rings (SSSR count). The summed E-state index contributed by atoms with van der Waals surface area (Å²) in [4.78, 5) is 37.8. The van der Waals surface area contributed by atoms with E-state index in [0.29, 0.717) is 12.2 Å². The molecule has 226 valence electrons. The Kier molecular flexibility index (Phi) is 8.66. The Bertz CT molecular complexity index is 1540. The Morgan fingerprint density at radius 1 is 1.09 bits per heavy atom. The van der Waals surface area contributed by atoms with Crippen LogP contribution in [0.5, 0.6) is 5.88 Å². The van der Waals surface area contributed by atoms with Crippen molar-refractivity contribution < 1.29 is 24.2 Å². The molecule has 0 spiro atoms. The maximum absolute atomic E-state index is 12.7. The molecule has 1 saturated carbocycles. The standard InChI is InChI=1S/C30H32I2N6O5/c39-21(10-4-6-17-11-12-17)36-28-22-25(34-16-35-28)32(15-31-22)26-24-23(37-27(38-24)18-7-2-1-3-8-18)20(43-26)14-42-29-19(30(40)41)9-5-13-33-29/h1-3,5,7-9,13,15-17,20,23-24,26-27,37-38H,4,6,10-12,14H2,(H,40,41)(H,34,35,36,39)/t20?,23?,24?,26?,27-/m0/s1. The van der Waals surface area contributed by atoms with E-state index in [2.05, 4.69) is 40.1 Å². The number of nitrogens with zero attached hydrogens (tertiary/aromatic N) is 3. The van der Waals surface area contributed by atoms with Crippen LogP contribution in [0, 0.1) is 13.2 Å². The first kappa shape index (κ1) is 29.1. The molecule has 11 nitrogen and oxygen atoms in total. The van der Waals surface area contributed by atoms with Gasteiger partial charge in [-0.3, -0.25) is 0 Å². The van der Waals surface area contributed by atoms with Crippen LogP contribution in [-0.2, 0) is 9.53 Å². The van der Waals surface area contributed by atoms with Crippen LogP contribution in [0.4, 0.5) is 5.82 Å². The maximum atomic E-state index is 12.7. The summed E-state index contributed by atoms with van der Waals surface area (Å²) in [5.74, 6) is 0.496.